The molecule has 0 amide bonds. The fourth-order valence-corrected chi connectivity index (χ4v) is 1.37. The van der Waals surface area contributed by atoms with Crippen LogP contribution in [0.3, 0.4) is 0 Å². The van der Waals surface area contributed by atoms with Gasteiger partial charge in [-0.3, -0.25) is 0 Å². The van der Waals surface area contributed by atoms with Gasteiger partial charge in [-0.2, -0.15) is 0 Å². The molecular weight excluding hydrogens is 168 g/mol. The van der Waals surface area contributed by atoms with Gasteiger partial charge in [0.15, 0.2) is 0 Å². The second-order valence-corrected chi connectivity index (χ2v) is 3.32. The molecule has 0 radical (unpaired) electrons. The van der Waals surface area contributed by atoms with Crippen molar-refractivity contribution in [2.45, 2.75) is 11.7 Å². The van der Waals surface area contributed by atoms with Crippen LogP contribution in [0, 0.1) is 0 Å². The van der Waals surface area contributed by atoms with E-state index >= 15 is 0 Å². The molecular formula is C10H12O3. The van der Waals surface area contributed by atoms with Crippen molar-refractivity contribution >= 4 is 0 Å². The summed E-state index contributed by atoms with van der Waals surface area (Å²) in [5.74, 6) is 0. The molecule has 2 rings (SSSR count). The average molecular weight is 180 g/mol. The largest absolute Gasteiger partial charge is 0.393 e. The Hall–Kier alpha value is -0.900. The van der Waals surface area contributed by atoms with Crippen LogP contribution < -0.4 is 0 Å². The molecule has 1 aromatic carbocycles. The smallest absolute Gasteiger partial charge is 0.144 e. The Kier molecular flexibility index (Phi) is 2.07. The SMILES string of the molecule is OC[C@@]1([C@H](O)c2ccccc2)CO1. The third-order valence-corrected chi connectivity index (χ3v) is 2.40. The highest BCUT2D eigenvalue weighted by Crippen LogP contribution is 2.39. The molecule has 70 valence electrons. The summed E-state index contributed by atoms with van der Waals surface area (Å²) in [5, 5.41) is 18.8. The van der Waals surface area contributed by atoms with E-state index in [2.05, 4.69) is 0 Å². The molecule has 1 aliphatic heterocycles. The second kappa shape index (κ2) is 3.10. The number of rotatable bonds is 3. The maximum absolute atomic E-state index is 9.83. The standard InChI is InChI=1S/C10H12O3/c11-6-10(7-13-10)9(12)8-4-2-1-3-5-8/h1-5,9,11-12H,6-7H2/t9-,10+/m1/s1. The van der Waals surface area contributed by atoms with Gasteiger partial charge in [0.2, 0.25) is 0 Å². The summed E-state index contributed by atoms with van der Waals surface area (Å²) < 4.78 is 5.06. The summed E-state index contributed by atoms with van der Waals surface area (Å²) in [4.78, 5) is 0. The van der Waals surface area contributed by atoms with Crippen molar-refractivity contribution in [3.05, 3.63) is 35.9 Å². The zero-order valence-electron chi connectivity index (χ0n) is 7.18. The van der Waals surface area contributed by atoms with Crippen molar-refractivity contribution in [3.63, 3.8) is 0 Å². The number of ether oxygens (including phenoxy) is 1. The van der Waals surface area contributed by atoms with Crippen molar-refractivity contribution in [1.29, 1.82) is 0 Å². The number of aliphatic hydroxyl groups excluding tert-OH is 2. The van der Waals surface area contributed by atoms with E-state index in [0.29, 0.717) is 6.61 Å². The number of hydrogen-bond acceptors (Lipinski definition) is 3. The van der Waals surface area contributed by atoms with Gasteiger partial charge in [0.1, 0.15) is 11.7 Å². The van der Waals surface area contributed by atoms with Crippen LogP contribution in [0.2, 0.25) is 0 Å². The minimum absolute atomic E-state index is 0.136. The molecule has 0 spiro atoms. The van der Waals surface area contributed by atoms with Crippen molar-refractivity contribution in [2.24, 2.45) is 0 Å². The average Bonchev–Trinajstić information content (AvgIpc) is 2.99. The van der Waals surface area contributed by atoms with Crippen LogP contribution in [0.25, 0.3) is 0 Å². The number of hydrogen-bond donors (Lipinski definition) is 2. The molecule has 1 fully saturated rings. The molecule has 1 aliphatic rings. The van der Waals surface area contributed by atoms with Gasteiger partial charge in [-0.15, -0.1) is 0 Å². The lowest BCUT2D eigenvalue weighted by atomic mass is 9.97. The van der Waals surface area contributed by atoms with Gasteiger partial charge in [-0.05, 0) is 5.56 Å². The summed E-state index contributed by atoms with van der Waals surface area (Å²) in [5.41, 5.74) is 0.0514. The van der Waals surface area contributed by atoms with Crippen molar-refractivity contribution in [1.82, 2.24) is 0 Å². The quantitative estimate of drug-likeness (QED) is 0.665. The Balaban J connectivity index is 2.18. The molecule has 0 aliphatic carbocycles. The van der Waals surface area contributed by atoms with E-state index in [9.17, 15) is 5.11 Å². The highest BCUT2D eigenvalue weighted by Gasteiger charge is 2.51. The molecule has 3 nitrogen and oxygen atoms in total. The number of benzene rings is 1. The van der Waals surface area contributed by atoms with E-state index in [1.807, 2.05) is 30.3 Å². The molecule has 0 bridgehead atoms. The van der Waals surface area contributed by atoms with E-state index in [-0.39, 0.29) is 6.61 Å². The maximum atomic E-state index is 9.83. The van der Waals surface area contributed by atoms with Gasteiger partial charge in [0.05, 0.1) is 13.2 Å². The summed E-state index contributed by atoms with van der Waals surface area (Å²) in [7, 11) is 0. The van der Waals surface area contributed by atoms with E-state index in [1.54, 1.807) is 0 Å². The normalized spacial score (nSPS) is 28.5. The van der Waals surface area contributed by atoms with Crippen LogP contribution in [-0.4, -0.2) is 29.0 Å². The highest BCUT2D eigenvalue weighted by atomic mass is 16.6. The number of epoxide rings is 1. The van der Waals surface area contributed by atoms with Crippen LogP contribution in [0.1, 0.15) is 11.7 Å². The molecule has 3 heteroatoms. The predicted octanol–water partition coefficient (Wildman–Crippen LogP) is 0.481. The molecule has 13 heavy (non-hydrogen) atoms. The van der Waals surface area contributed by atoms with Gasteiger partial charge >= 0.3 is 0 Å². The summed E-state index contributed by atoms with van der Waals surface area (Å²) in [6.07, 6.45) is -0.723. The van der Waals surface area contributed by atoms with Crippen LogP contribution in [0.15, 0.2) is 30.3 Å². The van der Waals surface area contributed by atoms with Crippen LogP contribution >= 0.6 is 0 Å². The zero-order chi connectivity index (χ0) is 9.31. The van der Waals surface area contributed by atoms with Crippen molar-refractivity contribution in [3.8, 4) is 0 Å². The van der Waals surface area contributed by atoms with E-state index in [0.717, 1.165) is 5.56 Å². The molecule has 0 aromatic heterocycles. The monoisotopic (exact) mass is 180 g/mol. The molecule has 1 saturated heterocycles. The number of aliphatic hydroxyl groups is 2. The van der Waals surface area contributed by atoms with Crippen LogP contribution in [0.4, 0.5) is 0 Å². The van der Waals surface area contributed by atoms with E-state index in [4.69, 9.17) is 9.84 Å². The van der Waals surface area contributed by atoms with Gasteiger partial charge in [-0.25, -0.2) is 0 Å². The minimum Gasteiger partial charge on any atom is -0.393 e. The lowest BCUT2D eigenvalue weighted by molar-refractivity contribution is 0.0359. The van der Waals surface area contributed by atoms with Gasteiger partial charge < -0.3 is 14.9 Å². The maximum Gasteiger partial charge on any atom is 0.144 e. The first kappa shape index (κ1) is 8.69. The molecule has 2 atom stereocenters. The topological polar surface area (TPSA) is 53.0 Å². The lowest BCUT2D eigenvalue weighted by Crippen LogP contribution is -2.26. The van der Waals surface area contributed by atoms with Gasteiger partial charge in [-0.1, -0.05) is 30.3 Å². The Labute approximate surface area is 76.6 Å². The van der Waals surface area contributed by atoms with Gasteiger partial charge in [0, 0.05) is 0 Å². The molecule has 0 saturated carbocycles. The fraction of sp³-hybridized carbons (Fsp3) is 0.400. The summed E-state index contributed by atoms with van der Waals surface area (Å²) >= 11 is 0. The van der Waals surface area contributed by atoms with Crippen LogP contribution in [-0.2, 0) is 4.74 Å². The fourth-order valence-electron chi connectivity index (χ4n) is 1.37. The molecule has 1 aromatic rings. The summed E-state index contributed by atoms with van der Waals surface area (Å²) in [6, 6.07) is 9.24. The Morgan fingerprint density at radius 2 is 2.00 bits per heavy atom. The summed E-state index contributed by atoms with van der Waals surface area (Å²) in [6.45, 7) is 0.294. The lowest BCUT2D eigenvalue weighted by Gasteiger charge is -2.16. The first-order chi connectivity index (χ1) is 6.28. The van der Waals surface area contributed by atoms with Gasteiger partial charge in [0.25, 0.3) is 0 Å². The Morgan fingerprint density at radius 3 is 2.46 bits per heavy atom. The zero-order valence-corrected chi connectivity index (χ0v) is 7.18. The van der Waals surface area contributed by atoms with Crippen molar-refractivity contribution in [2.75, 3.05) is 13.2 Å². The highest BCUT2D eigenvalue weighted by molar-refractivity contribution is 5.22. The minimum atomic E-state index is -0.735. The van der Waals surface area contributed by atoms with E-state index in [1.165, 1.54) is 0 Å². The first-order valence-corrected chi connectivity index (χ1v) is 4.26. The Morgan fingerprint density at radius 1 is 1.38 bits per heavy atom. The van der Waals surface area contributed by atoms with Crippen LogP contribution in [0.5, 0.6) is 0 Å². The molecule has 0 unspecified atom stereocenters. The Bertz CT molecular complexity index is 279. The predicted molar refractivity (Wildman–Crippen MR) is 47.2 cm³/mol. The van der Waals surface area contributed by atoms with E-state index < -0.39 is 11.7 Å². The van der Waals surface area contributed by atoms with Crippen molar-refractivity contribution < 1.29 is 14.9 Å². The molecule has 2 N–H and O–H groups in total. The third-order valence-electron chi connectivity index (χ3n) is 2.40. The third kappa shape index (κ3) is 1.46. The molecule has 1 heterocycles. The first-order valence-electron chi connectivity index (χ1n) is 4.26. The second-order valence-electron chi connectivity index (χ2n) is 3.32.